The number of aryl methyl sites for hydroxylation is 1. The van der Waals surface area contributed by atoms with Crippen molar-refractivity contribution in [3.05, 3.63) is 71.4 Å². The van der Waals surface area contributed by atoms with Crippen LogP contribution in [-0.4, -0.2) is 40.8 Å². The number of nitrogens with zero attached hydrogens (tertiary/aromatic N) is 1. The van der Waals surface area contributed by atoms with Crippen LogP contribution in [0.3, 0.4) is 0 Å². The van der Waals surface area contributed by atoms with Gasteiger partial charge in [0.05, 0.1) is 6.04 Å². The molecule has 0 aliphatic carbocycles. The number of hydrogen-bond donors (Lipinski definition) is 2. The van der Waals surface area contributed by atoms with Gasteiger partial charge in [-0.15, -0.1) is 0 Å². The van der Waals surface area contributed by atoms with Gasteiger partial charge in [0.1, 0.15) is 0 Å². The minimum Gasteiger partial charge on any atom is -0.361 e. The molecule has 1 saturated heterocycles. The Balaban J connectivity index is 1.60. The number of carbonyl (C=O) groups excluding carboxylic acids is 2. The van der Waals surface area contributed by atoms with Crippen molar-refractivity contribution in [3.63, 3.8) is 0 Å². The van der Waals surface area contributed by atoms with Gasteiger partial charge in [-0.05, 0) is 36.8 Å². The van der Waals surface area contributed by atoms with Crippen molar-refractivity contribution in [2.45, 2.75) is 25.8 Å². The molecule has 2 atom stereocenters. The molecule has 2 amide bonds. The number of fused-ring (bicyclic) bond motifs is 1. The minimum absolute atomic E-state index is 0.00284. The highest BCUT2D eigenvalue weighted by Gasteiger charge is 2.37. The van der Waals surface area contributed by atoms with E-state index < -0.39 is 0 Å². The average Bonchev–Trinajstić information content (AvgIpc) is 3.27. The van der Waals surface area contributed by atoms with E-state index in [9.17, 15) is 9.59 Å². The summed E-state index contributed by atoms with van der Waals surface area (Å²) in [6, 6.07) is 15.9. The maximum Gasteiger partial charge on any atom is 0.253 e. The number of aromatic amines is 1. The fourth-order valence-corrected chi connectivity index (χ4v) is 3.90. The number of hydrogen-bond acceptors (Lipinski definition) is 2. The summed E-state index contributed by atoms with van der Waals surface area (Å²) < 4.78 is 0. The van der Waals surface area contributed by atoms with Gasteiger partial charge in [0.2, 0.25) is 5.91 Å². The molecule has 0 bridgehead atoms. The summed E-state index contributed by atoms with van der Waals surface area (Å²) in [4.78, 5) is 29.7. The molecule has 0 saturated carbocycles. The van der Waals surface area contributed by atoms with Crippen LogP contribution in [-0.2, 0) is 4.79 Å². The summed E-state index contributed by atoms with van der Waals surface area (Å²) in [6.45, 7) is 4.69. The molecule has 1 fully saturated rings. The number of benzene rings is 2. The van der Waals surface area contributed by atoms with E-state index in [2.05, 4.69) is 41.5 Å². The summed E-state index contributed by atoms with van der Waals surface area (Å²) in [6.07, 6.45) is 1.87. The second-order valence-corrected chi connectivity index (χ2v) is 7.31. The Bertz CT molecular complexity index is 990. The van der Waals surface area contributed by atoms with Crippen LogP contribution in [0.25, 0.3) is 10.9 Å². The standard InChI is InChI=1S/C22H23N3O2/c1-14-3-5-16(6-4-14)19-12-25(13-21(19)24-15(2)26)22(27)18-7-8-20-17(11-18)9-10-23-20/h3-11,19,21,23H,12-13H2,1-2H3,(H,24,26)/t19-,21+/m0/s1. The van der Waals surface area contributed by atoms with Crippen molar-refractivity contribution in [2.24, 2.45) is 0 Å². The fourth-order valence-electron chi connectivity index (χ4n) is 3.90. The molecule has 5 heteroatoms. The molecule has 0 unspecified atom stereocenters. The van der Waals surface area contributed by atoms with Crippen LogP contribution in [0.4, 0.5) is 0 Å². The summed E-state index contributed by atoms with van der Waals surface area (Å²) in [7, 11) is 0. The van der Waals surface area contributed by atoms with E-state index in [0.29, 0.717) is 18.7 Å². The summed E-state index contributed by atoms with van der Waals surface area (Å²) >= 11 is 0. The minimum atomic E-state index is -0.0786. The van der Waals surface area contributed by atoms with Gasteiger partial charge < -0.3 is 15.2 Å². The quantitative estimate of drug-likeness (QED) is 0.752. The Hall–Kier alpha value is -3.08. The topological polar surface area (TPSA) is 65.2 Å². The maximum atomic E-state index is 13.1. The van der Waals surface area contributed by atoms with Crippen LogP contribution in [0.2, 0.25) is 0 Å². The van der Waals surface area contributed by atoms with Crippen molar-refractivity contribution in [1.82, 2.24) is 15.2 Å². The van der Waals surface area contributed by atoms with Crippen molar-refractivity contribution in [1.29, 1.82) is 0 Å². The number of likely N-dealkylation sites (tertiary alicyclic amines) is 1. The van der Waals surface area contributed by atoms with E-state index >= 15 is 0 Å². The molecule has 3 aromatic rings. The molecule has 138 valence electrons. The first-order chi connectivity index (χ1) is 13.0. The molecule has 4 rings (SSSR count). The maximum absolute atomic E-state index is 13.1. The Morgan fingerprint density at radius 1 is 1.07 bits per heavy atom. The smallest absolute Gasteiger partial charge is 0.253 e. The highest BCUT2D eigenvalue weighted by atomic mass is 16.2. The van der Waals surface area contributed by atoms with Crippen LogP contribution < -0.4 is 5.32 Å². The van der Waals surface area contributed by atoms with E-state index in [1.165, 1.54) is 12.5 Å². The van der Waals surface area contributed by atoms with Crippen LogP contribution in [0, 0.1) is 6.92 Å². The Labute approximate surface area is 158 Å². The van der Waals surface area contributed by atoms with Crippen LogP contribution in [0.5, 0.6) is 0 Å². The summed E-state index contributed by atoms with van der Waals surface area (Å²) in [5.41, 5.74) is 4.03. The normalized spacial score (nSPS) is 19.4. The van der Waals surface area contributed by atoms with E-state index in [1.54, 1.807) is 0 Å². The summed E-state index contributed by atoms with van der Waals surface area (Å²) in [5, 5.41) is 4.05. The number of amides is 2. The molecule has 5 nitrogen and oxygen atoms in total. The lowest BCUT2D eigenvalue weighted by Gasteiger charge is -2.19. The largest absolute Gasteiger partial charge is 0.361 e. The number of aromatic nitrogens is 1. The zero-order chi connectivity index (χ0) is 19.0. The number of rotatable bonds is 3. The van der Waals surface area contributed by atoms with Gasteiger partial charge in [-0.3, -0.25) is 9.59 Å². The van der Waals surface area contributed by atoms with Gasteiger partial charge in [-0.2, -0.15) is 0 Å². The van der Waals surface area contributed by atoms with Crippen LogP contribution in [0.15, 0.2) is 54.7 Å². The van der Waals surface area contributed by atoms with E-state index in [0.717, 1.165) is 16.5 Å². The predicted molar refractivity (Wildman–Crippen MR) is 106 cm³/mol. The first kappa shape index (κ1) is 17.3. The molecule has 0 spiro atoms. The molecule has 2 heterocycles. The van der Waals surface area contributed by atoms with Crippen LogP contribution in [0.1, 0.15) is 34.3 Å². The molecule has 0 radical (unpaired) electrons. The highest BCUT2D eigenvalue weighted by molar-refractivity contribution is 5.98. The lowest BCUT2D eigenvalue weighted by Crippen LogP contribution is -2.39. The van der Waals surface area contributed by atoms with Gasteiger partial charge in [0.25, 0.3) is 5.91 Å². The Kier molecular flexibility index (Phi) is 4.44. The zero-order valence-corrected chi connectivity index (χ0v) is 15.5. The SMILES string of the molecule is CC(=O)N[C@@H]1CN(C(=O)c2ccc3[nH]ccc3c2)C[C@H]1c1ccc(C)cc1. The molecule has 2 N–H and O–H groups in total. The van der Waals surface area contributed by atoms with Crippen molar-refractivity contribution < 1.29 is 9.59 Å². The van der Waals surface area contributed by atoms with Crippen molar-refractivity contribution >= 4 is 22.7 Å². The third-order valence-corrected chi connectivity index (χ3v) is 5.30. The lowest BCUT2D eigenvalue weighted by molar-refractivity contribution is -0.119. The molecule has 1 aromatic heterocycles. The first-order valence-electron chi connectivity index (χ1n) is 9.21. The third-order valence-electron chi connectivity index (χ3n) is 5.30. The van der Waals surface area contributed by atoms with Gasteiger partial charge in [-0.1, -0.05) is 29.8 Å². The average molecular weight is 361 g/mol. The molecular formula is C22H23N3O2. The van der Waals surface area contributed by atoms with E-state index in [1.807, 2.05) is 35.4 Å². The van der Waals surface area contributed by atoms with Crippen molar-refractivity contribution in [3.8, 4) is 0 Å². The Morgan fingerprint density at radius 2 is 1.85 bits per heavy atom. The number of H-pyrrole nitrogens is 1. The Morgan fingerprint density at radius 3 is 2.59 bits per heavy atom. The van der Waals surface area contributed by atoms with Gasteiger partial charge in [0.15, 0.2) is 0 Å². The molecular weight excluding hydrogens is 338 g/mol. The monoisotopic (exact) mass is 361 g/mol. The van der Waals surface area contributed by atoms with Gasteiger partial charge >= 0.3 is 0 Å². The number of carbonyl (C=O) groups is 2. The van der Waals surface area contributed by atoms with E-state index in [4.69, 9.17) is 0 Å². The summed E-state index contributed by atoms with van der Waals surface area (Å²) in [5.74, 6) is 0.0256. The van der Waals surface area contributed by atoms with E-state index in [-0.39, 0.29) is 23.8 Å². The third kappa shape index (κ3) is 3.45. The molecule has 1 aliphatic rings. The van der Waals surface area contributed by atoms with Gasteiger partial charge in [-0.25, -0.2) is 0 Å². The van der Waals surface area contributed by atoms with Gasteiger partial charge in [0, 0.05) is 48.6 Å². The highest BCUT2D eigenvalue weighted by Crippen LogP contribution is 2.29. The predicted octanol–water partition coefficient (Wildman–Crippen LogP) is 3.22. The molecule has 27 heavy (non-hydrogen) atoms. The first-order valence-corrected chi connectivity index (χ1v) is 9.21. The fraction of sp³-hybridized carbons (Fsp3) is 0.273. The second kappa shape index (κ2) is 6.91. The molecule has 2 aromatic carbocycles. The van der Waals surface area contributed by atoms with Crippen LogP contribution >= 0.6 is 0 Å². The van der Waals surface area contributed by atoms with Crippen molar-refractivity contribution in [2.75, 3.05) is 13.1 Å². The zero-order valence-electron chi connectivity index (χ0n) is 15.5. The lowest BCUT2D eigenvalue weighted by atomic mass is 9.93. The number of nitrogens with one attached hydrogen (secondary N) is 2. The molecule has 1 aliphatic heterocycles. The second-order valence-electron chi connectivity index (χ2n) is 7.31.